The van der Waals surface area contributed by atoms with Crippen LogP contribution < -0.4 is 10.6 Å². The lowest BCUT2D eigenvalue weighted by molar-refractivity contribution is -0.138. The molecular weight excluding hydrogens is 512 g/mol. The third-order valence-corrected chi connectivity index (χ3v) is 6.97. The standard InChI is InChI=1S/C27H23BrN2O5/c28-17-9-15(25(31)29-13-16-11-23(16)26(32)33)10-18(12-17)30-27(34)35-14-24-21-7-3-1-5-19(21)20-6-2-4-8-22(20)24/h1-10,12,16,23-24H,11,13-14H2,(H,29,31)(H,30,34)(H,32,33)/t16-,23-/m0/s1. The maximum Gasteiger partial charge on any atom is 0.411 e. The molecule has 3 aromatic rings. The summed E-state index contributed by atoms with van der Waals surface area (Å²) in [6.07, 6.45) is -0.0403. The van der Waals surface area contributed by atoms with Crippen LogP contribution in [0.25, 0.3) is 11.1 Å². The zero-order valence-electron chi connectivity index (χ0n) is 18.7. The fraction of sp³-hybridized carbons (Fsp3) is 0.222. The minimum absolute atomic E-state index is 0.0398. The zero-order valence-corrected chi connectivity index (χ0v) is 20.2. The Morgan fingerprint density at radius 2 is 1.63 bits per heavy atom. The molecule has 2 amide bonds. The number of carbonyl (C=O) groups is 3. The van der Waals surface area contributed by atoms with Crippen molar-refractivity contribution in [1.82, 2.24) is 5.32 Å². The van der Waals surface area contributed by atoms with Crippen molar-refractivity contribution in [2.75, 3.05) is 18.5 Å². The first-order chi connectivity index (χ1) is 16.9. The van der Waals surface area contributed by atoms with Crippen molar-refractivity contribution < 1.29 is 24.2 Å². The van der Waals surface area contributed by atoms with Gasteiger partial charge in [-0.3, -0.25) is 14.9 Å². The number of hydrogen-bond donors (Lipinski definition) is 3. The van der Waals surface area contributed by atoms with Crippen molar-refractivity contribution in [3.63, 3.8) is 0 Å². The van der Waals surface area contributed by atoms with Crippen LogP contribution in [0.2, 0.25) is 0 Å². The van der Waals surface area contributed by atoms with Crippen molar-refractivity contribution in [1.29, 1.82) is 0 Å². The number of ether oxygens (including phenoxy) is 1. The van der Waals surface area contributed by atoms with Gasteiger partial charge in [0, 0.05) is 28.2 Å². The van der Waals surface area contributed by atoms with Crippen LogP contribution in [0.4, 0.5) is 10.5 Å². The molecule has 0 heterocycles. The van der Waals surface area contributed by atoms with Gasteiger partial charge < -0.3 is 15.2 Å². The minimum Gasteiger partial charge on any atom is -0.481 e. The van der Waals surface area contributed by atoms with Crippen LogP contribution in [0.5, 0.6) is 0 Å². The second-order valence-electron chi connectivity index (χ2n) is 8.83. The molecular formula is C27H23BrN2O5. The quantitative estimate of drug-likeness (QED) is 0.383. The fourth-order valence-corrected chi connectivity index (χ4v) is 5.14. The van der Waals surface area contributed by atoms with Gasteiger partial charge in [-0.2, -0.15) is 0 Å². The minimum atomic E-state index is -0.832. The normalized spacial score (nSPS) is 17.7. The van der Waals surface area contributed by atoms with E-state index in [1.54, 1.807) is 18.2 Å². The Morgan fingerprint density at radius 1 is 0.971 bits per heavy atom. The lowest BCUT2D eigenvalue weighted by atomic mass is 9.98. The fourth-order valence-electron chi connectivity index (χ4n) is 4.65. The first-order valence-corrected chi connectivity index (χ1v) is 12.1. The molecule has 5 rings (SSSR count). The molecule has 8 heteroatoms. The van der Waals surface area contributed by atoms with E-state index in [4.69, 9.17) is 9.84 Å². The van der Waals surface area contributed by atoms with E-state index in [1.165, 1.54) is 0 Å². The van der Waals surface area contributed by atoms with Gasteiger partial charge in [0.15, 0.2) is 0 Å². The van der Waals surface area contributed by atoms with E-state index in [0.717, 1.165) is 22.3 Å². The summed E-state index contributed by atoms with van der Waals surface area (Å²) >= 11 is 3.37. The van der Waals surface area contributed by atoms with Gasteiger partial charge in [-0.25, -0.2) is 4.79 Å². The van der Waals surface area contributed by atoms with Gasteiger partial charge >= 0.3 is 12.1 Å². The molecule has 3 N–H and O–H groups in total. The van der Waals surface area contributed by atoms with E-state index in [0.29, 0.717) is 28.7 Å². The van der Waals surface area contributed by atoms with Crippen LogP contribution >= 0.6 is 15.9 Å². The number of nitrogens with one attached hydrogen (secondary N) is 2. The number of carboxylic acids is 1. The average Bonchev–Trinajstić information content (AvgIpc) is 3.56. The van der Waals surface area contributed by atoms with Gasteiger partial charge in [0.2, 0.25) is 0 Å². The van der Waals surface area contributed by atoms with E-state index in [-0.39, 0.29) is 30.3 Å². The number of carboxylic acid groups (broad SMARTS) is 1. The highest BCUT2D eigenvalue weighted by Gasteiger charge is 2.43. The van der Waals surface area contributed by atoms with E-state index in [2.05, 4.69) is 50.8 Å². The zero-order chi connectivity index (χ0) is 24.5. The van der Waals surface area contributed by atoms with Gasteiger partial charge in [0.25, 0.3) is 5.91 Å². The molecule has 0 aliphatic heterocycles. The third-order valence-electron chi connectivity index (χ3n) is 6.51. The number of aliphatic carboxylic acids is 1. The van der Waals surface area contributed by atoms with Crippen LogP contribution in [0, 0.1) is 11.8 Å². The molecule has 0 radical (unpaired) electrons. The second kappa shape index (κ2) is 9.54. The molecule has 178 valence electrons. The number of halogens is 1. The van der Waals surface area contributed by atoms with Gasteiger partial charge in [-0.1, -0.05) is 64.5 Å². The Hall–Kier alpha value is -3.65. The van der Waals surface area contributed by atoms with Crippen molar-refractivity contribution in [2.24, 2.45) is 11.8 Å². The summed E-state index contributed by atoms with van der Waals surface area (Å²) in [4.78, 5) is 36.1. The Balaban J connectivity index is 1.21. The molecule has 7 nitrogen and oxygen atoms in total. The third kappa shape index (κ3) is 4.93. The highest BCUT2D eigenvalue weighted by atomic mass is 79.9. The molecule has 2 aliphatic carbocycles. The van der Waals surface area contributed by atoms with Gasteiger partial charge in [-0.05, 0) is 52.8 Å². The summed E-state index contributed by atoms with van der Waals surface area (Å²) in [5, 5.41) is 14.5. The topological polar surface area (TPSA) is 105 Å². The monoisotopic (exact) mass is 534 g/mol. The smallest absolute Gasteiger partial charge is 0.411 e. The summed E-state index contributed by atoms with van der Waals surface area (Å²) in [5.41, 5.74) is 5.33. The summed E-state index contributed by atoms with van der Waals surface area (Å²) in [6, 6.07) is 21.1. The molecule has 0 aromatic heterocycles. The number of amides is 2. The molecule has 0 unspecified atom stereocenters. The van der Waals surface area contributed by atoms with Crippen molar-refractivity contribution in [2.45, 2.75) is 12.3 Å². The molecule has 35 heavy (non-hydrogen) atoms. The summed E-state index contributed by atoms with van der Waals surface area (Å²) < 4.78 is 6.20. The van der Waals surface area contributed by atoms with E-state index < -0.39 is 12.1 Å². The van der Waals surface area contributed by atoms with Crippen molar-refractivity contribution in [3.8, 4) is 11.1 Å². The molecule has 1 saturated carbocycles. The summed E-state index contributed by atoms with van der Waals surface area (Å²) in [6.45, 7) is 0.491. The molecule has 0 bridgehead atoms. The molecule has 0 spiro atoms. The second-order valence-corrected chi connectivity index (χ2v) is 9.75. The molecule has 2 atom stereocenters. The largest absolute Gasteiger partial charge is 0.481 e. The Kier molecular flexibility index (Phi) is 6.30. The van der Waals surface area contributed by atoms with Crippen LogP contribution in [-0.4, -0.2) is 36.2 Å². The summed E-state index contributed by atoms with van der Waals surface area (Å²) in [7, 11) is 0. The number of hydrogen-bond acceptors (Lipinski definition) is 4. The predicted molar refractivity (Wildman–Crippen MR) is 134 cm³/mol. The molecule has 3 aromatic carbocycles. The highest BCUT2D eigenvalue weighted by molar-refractivity contribution is 9.10. The van der Waals surface area contributed by atoms with E-state index in [9.17, 15) is 14.4 Å². The first kappa shape index (κ1) is 23.1. The van der Waals surface area contributed by atoms with E-state index in [1.807, 2.05) is 24.3 Å². The Labute approximate surface area is 210 Å². The Morgan fingerprint density at radius 3 is 2.26 bits per heavy atom. The van der Waals surface area contributed by atoms with Crippen LogP contribution in [0.3, 0.4) is 0 Å². The van der Waals surface area contributed by atoms with Gasteiger partial charge in [0.1, 0.15) is 6.61 Å². The maximum absolute atomic E-state index is 12.6. The number of rotatable bonds is 7. The number of fused-ring (bicyclic) bond motifs is 3. The number of benzene rings is 3. The van der Waals surface area contributed by atoms with Crippen molar-refractivity contribution in [3.05, 3.63) is 87.9 Å². The number of carbonyl (C=O) groups excluding carboxylic acids is 2. The molecule has 2 aliphatic rings. The van der Waals surface area contributed by atoms with Gasteiger partial charge in [-0.15, -0.1) is 0 Å². The lowest BCUT2D eigenvalue weighted by Crippen LogP contribution is -2.26. The van der Waals surface area contributed by atoms with Gasteiger partial charge in [0.05, 0.1) is 5.92 Å². The predicted octanol–water partition coefficient (Wildman–Crippen LogP) is 5.26. The van der Waals surface area contributed by atoms with Crippen LogP contribution in [0.1, 0.15) is 33.8 Å². The highest BCUT2D eigenvalue weighted by Crippen LogP contribution is 2.44. The van der Waals surface area contributed by atoms with Crippen molar-refractivity contribution >= 4 is 39.6 Å². The molecule has 1 fully saturated rings. The maximum atomic E-state index is 12.6. The van der Waals surface area contributed by atoms with E-state index >= 15 is 0 Å². The first-order valence-electron chi connectivity index (χ1n) is 11.3. The molecule has 0 saturated heterocycles. The lowest BCUT2D eigenvalue weighted by Gasteiger charge is -2.15. The SMILES string of the molecule is O=C(Nc1cc(Br)cc(C(=O)NC[C@@H]2C[C@@H]2C(=O)O)c1)OCC1c2ccccc2-c2ccccc21. The summed E-state index contributed by atoms with van der Waals surface area (Å²) in [5.74, 6) is -1.64. The average molecular weight is 535 g/mol. The van der Waals surface area contributed by atoms with Crippen LogP contribution in [-0.2, 0) is 9.53 Å². The number of anilines is 1. The van der Waals surface area contributed by atoms with Crippen LogP contribution in [0.15, 0.2) is 71.2 Å². The Bertz CT molecular complexity index is 1280.